The van der Waals surface area contributed by atoms with Crippen LogP contribution in [0.3, 0.4) is 0 Å². The van der Waals surface area contributed by atoms with Crippen LogP contribution in [0.1, 0.15) is 26.8 Å². The molecule has 0 fully saturated rings. The minimum Gasteiger partial charge on any atom is -0.451 e. The predicted molar refractivity (Wildman–Crippen MR) is 115 cm³/mol. The number of ether oxygens (including phenoxy) is 1. The Bertz CT molecular complexity index is 1050. The van der Waals surface area contributed by atoms with Gasteiger partial charge in [0.1, 0.15) is 4.88 Å². The molecule has 0 saturated heterocycles. The highest BCUT2D eigenvalue weighted by Crippen LogP contribution is 2.26. The first-order valence-corrected chi connectivity index (χ1v) is 10.1. The van der Waals surface area contributed by atoms with E-state index in [0.717, 1.165) is 21.2 Å². The van der Waals surface area contributed by atoms with Crippen LogP contribution in [-0.4, -0.2) is 18.5 Å². The van der Waals surface area contributed by atoms with E-state index in [2.05, 4.69) is 5.32 Å². The first kappa shape index (κ1) is 18.9. The van der Waals surface area contributed by atoms with Crippen molar-refractivity contribution in [1.82, 2.24) is 5.32 Å². The molecule has 0 aliphatic rings. The molecule has 4 aromatic rings. The van der Waals surface area contributed by atoms with Gasteiger partial charge in [0.2, 0.25) is 0 Å². The Morgan fingerprint density at radius 2 is 1.41 bits per heavy atom. The van der Waals surface area contributed by atoms with Gasteiger partial charge in [-0.15, -0.1) is 11.3 Å². The third kappa shape index (κ3) is 4.52. The van der Waals surface area contributed by atoms with Gasteiger partial charge in [-0.2, -0.15) is 0 Å². The fourth-order valence-corrected chi connectivity index (χ4v) is 4.09. The largest absolute Gasteiger partial charge is 0.451 e. The molecule has 0 spiro atoms. The van der Waals surface area contributed by atoms with E-state index in [0.29, 0.717) is 4.88 Å². The number of carbonyl (C=O) groups excluding carboxylic acids is 2. The Balaban J connectivity index is 1.43. The van der Waals surface area contributed by atoms with Crippen molar-refractivity contribution in [2.24, 2.45) is 0 Å². The summed E-state index contributed by atoms with van der Waals surface area (Å²) in [7, 11) is 0. The summed E-state index contributed by atoms with van der Waals surface area (Å²) in [6, 6.07) is 28.6. The van der Waals surface area contributed by atoms with Crippen molar-refractivity contribution in [2.75, 3.05) is 6.61 Å². The zero-order chi connectivity index (χ0) is 20.1. The average molecular weight is 401 g/mol. The van der Waals surface area contributed by atoms with Crippen molar-refractivity contribution >= 4 is 33.3 Å². The summed E-state index contributed by atoms with van der Waals surface area (Å²) in [6.45, 7) is -0.330. The summed E-state index contributed by atoms with van der Waals surface area (Å²) in [5, 5.41) is 3.96. The molecule has 0 unspecified atom stereocenters. The van der Waals surface area contributed by atoms with E-state index < -0.39 is 5.97 Å². The lowest BCUT2D eigenvalue weighted by atomic mass is 9.99. The normalized spacial score (nSPS) is 10.8. The standard InChI is InChI=1S/C24H19NO3S/c26-22(16-28-24(27)21-15-19-13-7-8-14-20(19)29-21)25-23(17-9-3-1-4-10-17)18-11-5-2-6-12-18/h1-15,23H,16H2,(H,25,26). The summed E-state index contributed by atoms with van der Waals surface area (Å²) < 4.78 is 6.26. The molecule has 144 valence electrons. The summed E-state index contributed by atoms with van der Waals surface area (Å²) in [5.74, 6) is -0.838. The summed E-state index contributed by atoms with van der Waals surface area (Å²) >= 11 is 1.36. The van der Waals surface area contributed by atoms with E-state index in [1.165, 1.54) is 11.3 Å². The van der Waals surface area contributed by atoms with Gasteiger partial charge in [-0.1, -0.05) is 78.9 Å². The Kier molecular flexibility index (Phi) is 5.68. The van der Waals surface area contributed by atoms with Crippen molar-refractivity contribution in [3.63, 3.8) is 0 Å². The number of benzene rings is 3. The monoisotopic (exact) mass is 401 g/mol. The number of fused-ring (bicyclic) bond motifs is 1. The molecular formula is C24H19NO3S. The Hall–Kier alpha value is -3.44. The fourth-order valence-electron chi connectivity index (χ4n) is 3.14. The molecule has 5 heteroatoms. The highest BCUT2D eigenvalue weighted by molar-refractivity contribution is 7.20. The van der Waals surface area contributed by atoms with Crippen molar-refractivity contribution in [2.45, 2.75) is 6.04 Å². The van der Waals surface area contributed by atoms with Crippen LogP contribution in [-0.2, 0) is 9.53 Å². The van der Waals surface area contributed by atoms with Crippen molar-refractivity contribution in [3.8, 4) is 0 Å². The second-order valence-corrected chi connectivity index (χ2v) is 7.63. The highest BCUT2D eigenvalue weighted by Gasteiger charge is 2.18. The smallest absolute Gasteiger partial charge is 0.348 e. The van der Waals surface area contributed by atoms with Crippen LogP contribution in [0.4, 0.5) is 0 Å². The zero-order valence-corrected chi connectivity index (χ0v) is 16.4. The van der Waals surface area contributed by atoms with E-state index >= 15 is 0 Å². The number of esters is 1. The Labute approximate surface area is 172 Å². The van der Waals surface area contributed by atoms with Gasteiger partial charge in [0, 0.05) is 4.70 Å². The molecule has 1 aromatic heterocycles. The van der Waals surface area contributed by atoms with Gasteiger partial charge in [-0.05, 0) is 28.6 Å². The van der Waals surface area contributed by atoms with Crippen LogP contribution < -0.4 is 5.32 Å². The molecule has 4 rings (SSSR count). The van der Waals surface area contributed by atoms with E-state index in [9.17, 15) is 9.59 Å². The van der Waals surface area contributed by atoms with Crippen LogP contribution in [0.2, 0.25) is 0 Å². The van der Waals surface area contributed by atoms with Gasteiger partial charge in [-0.25, -0.2) is 4.79 Å². The van der Waals surface area contributed by atoms with Gasteiger partial charge in [0.05, 0.1) is 6.04 Å². The lowest BCUT2D eigenvalue weighted by molar-refractivity contribution is -0.124. The van der Waals surface area contributed by atoms with E-state index in [-0.39, 0.29) is 18.6 Å². The molecule has 0 atom stereocenters. The molecule has 0 saturated carbocycles. The van der Waals surface area contributed by atoms with E-state index in [1.54, 1.807) is 6.07 Å². The second kappa shape index (κ2) is 8.71. The average Bonchev–Trinajstić information content (AvgIpc) is 3.21. The minimum atomic E-state index is -0.489. The second-order valence-electron chi connectivity index (χ2n) is 6.55. The number of rotatable bonds is 6. The van der Waals surface area contributed by atoms with Crippen molar-refractivity contribution < 1.29 is 14.3 Å². The molecule has 0 aliphatic carbocycles. The number of amides is 1. The number of nitrogens with one attached hydrogen (secondary N) is 1. The maximum Gasteiger partial charge on any atom is 0.348 e. The van der Waals surface area contributed by atoms with Crippen LogP contribution in [0.15, 0.2) is 91.0 Å². The summed E-state index contributed by atoms with van der Waals surface area (Å²) in [4.78, 5) is 25.4. The lowest BCUT2D eigenvalue weighted by Crippen LogP contribution is -2.33. The van der Waals surface area contributed by atoms with Gasteiger partial charge < -0.3 is 10.1 Å². The molecule has 1 heterocycles. The van der Waals surface area contributed by atoms with E-state index in [4.69, 9.17) is 4.74 Å². The number of hydrogen-bond acceptors (Lipinski definition) is 4. The molecule has 1 N–H and O–H groups in total. The van der Waals surface area contributed by atoms with Crippen LogP contribution >= 0.6 is 11.3 Å². The predicted octanol–water partition coefficient (Wildman–Crippen LogP) is 4.96. The first-order chi connectivity index (χ1) is 14.2. The molecule has 3 aromatic carbocycles. The van der Waals surface area contributed by atoms with Crippen LogP contribution in [0.5, 0.6) is 0 Å². The third-order valence-electron chi connectivity index (χ3n) is 4.53. The van der Waals surface area contributed by atoms with Crippen LogP contribution in [0.25, 0.3) is 10.1 Å². The van der Waals surface area contributed by atoms with Gasteiger partial charge in [0.15, 0.2) is 6.61 Å². The number of hydrogen-bond donors (Lipinski definition) is 1. The van der Waals surface area contributed by atoms with Crippen molar-refractivity contribution in [1.29, 1.82) is 0 Å². The molecule has 4 nitrogen and oxygen atoms in total. The molecule has 0 aliphatic heterocycles. The Morgan fingerprint density at radius 1 is 0.828 bits per heavy atom. The van der Waals surface area contributed by atoms with Gasteiger partial charge >= 0.3 is 5.97 Å². The van der Waals surface area contributed by atoms with Gasteiger partial charge in [-0.3, -0.25) is 4.79 Å². The molecular weight excluding hydrogens is 382 g/mol. The molecule has 0 bridgehead atoms. The fraction of sp³-hybridized carbons (Fsp3) is 0.0833. The SMILES string of the molecule is O=C(COC(=O)c1cc2ccccc2s1)NC(c1ccccc1)c1ccccc1. The minimum absolute atomic E-state index is 0.312. The van der Waals surface area contributed by atoms with E-state index in [1.807, 2.05) is 84.9 Å². The summed E-state index contributed by atoms with van der Waals surface area (Å²) in [6.07, 6.45) is 0. The topological polar surface area (TPSA) is 55.4 Å². The molecule has 1 amide bonds. The maximum atomic E-state index is 12.5. The number of thiophene rings is 1. The third-order valence-corrected chi connectivity index (χ3v) is 5.63. The van der Waals surface area contributed by atoms with Crippen molar-refractivity contribution in [3.05, 3.63) is 107 Å². The quantitative estimate of drug-likeness (QED) is 0.465. The van der Waals surface area contributed by atoms with Crippen LogP contribution in [0, 0.1) is 0 Å². The maximum absolute atomic E-state index is 12.5. The zero-order valence-electron chi connectivity index (χ0n) is 15.6. The molecule has 29 heavy (non-hydrogen) atoms. The van der Waals surface area contributed by atoms with Gasteiger partial charge in [0.25, 0.3) is 5.91 Å². The lowest BCUT2D eigenvalue weighted by Gasteiger charge is -2.19. The summed E-state index contributed by atoms with van der Waals surface area (Å²) in [5.41, 5.74) is 1.92. The first-order valence-electron chi connectivity index (χ1n) is 9.25. The number of carbonyl (C=O) groups is 2. The Morgan fingerprint density at radius 3 is 2.03 bits per heavy atom. The highest BCUT2D eigenvalue weighted by atomic mass is 32.1. The molecule has 0 radical (unpaired) electrons.